The number of halogens is 3. The molecule has 0 fully saturated rings. The van der Waals surface area contributed by atoms with Crippen LogP contribution in [0.4, 0.5) is 0 Å². The monoisotopic (exact) mass is 334 g/mol. The first-order valence-corrected chi connectivity index (χ1v) is 6.48. The second kappa shape index (κ2) is 5.44. The zero-order chi connectivity index (χ0) is 12.4. The molecule has 1 unspecified atom stereocenters. The van der Waals surface area contributed by atoms with E-state index in [1.54, 1.807) is 30.3 Å². The molecule has 2 nitrogen and oxygen atoms in total. The number of rotatable bonds is 3. The summed E-state index contributed by atoms with van der Waals surface area (Å²) in [6, 6.07) is 8.61. The summed E-state index contributed by atoms with van der Waals surface area (Å²) in [4.78, 5) is 0. The van der Waals surface area contributed by atoms with Gasteiger partial charge >= 0.3 is 0 Å². The molecule has 90 valence electrons. The zero-order valence-corrected chi connectivity index (χ0v) is 11.8. The van der Waals surface area contributed by atoms with Crippen molar-refractivity contribution < 1.29 is 9.52 Å². The third-order valence-corrected chi connectivity index (χ3v) is 3.37. The Labute approximate surface area is 117 Å². The van der Waals surface area contributed by atoms with Gasteiger partial charge in [0.15, 0.2) is 4.67 Å². The smallest absolute Gasteiger partial charge is 0.169 e. The molecule has 0 aliphatic heterocycles. The molecule has 2 rings (SSSR count). The van der Waals surface area contributed by atoms with Crippen LogP contribution >= 0.6 is 39.1 Å². The molecule has 0 saturated carbocycles. The molecule has 0 saturated heterocycles. The van der Waals surface area contributed by atoms with Gasteiger partial charge in [-0.15, -0.1) is 0 Å². The van der Waals surface area contributed by atoms with Crippen molar-refractivity contribution in [3.05, 3.63) is 56.4 Å². The van der Waals surface area contributed by atoms with Crippen molar-refractivity contribution in [3.63, 3.8) is 0 Å². The van der Waals surface area contributed by atoms with Gasteiger partial charge < -0.3 is 9.52 Å². The van der Waals surface area contributed by atoms with Crippen molar-refractivity contribution in [2.24, 2.45) is 0 Å². The molecule has 1 N–H and O–H groups in total. The van der Waals surface area contributed by atoms with E-state index in [0.29, 0.717) is 26.9 Å². The fourth-order valence-corrected chi connectivity index (χ4v) is 2.22. The van der Waals surface area contributed by atoms with Crippen LogP contribution in [0.3, 0.4) is 0 Å². The lowest BCUT2D eigenvalue weighted by molar-refractivity contribution is 0.149. The first-order chi connectivity index (χ1) is 8.06. The fraction of sp³-hybridized carbons (Fsp3) is 0.167. The van der Waals surface area contributed by atoms with Crippen molar-refractivity contribution >= 4 is 39.1 Å². The van der Waals surface area contributed by atoms with E-state index in [2.05, 4.69) is 15.9 Å². The number of hydrogen-bond donors (Lipinski definition) is 1. The molecule has 0 amide bonds. The Morgan fingerprint density at radius 2 is 2.00 bits per heavy atom. The van der Waals surface area contributed by atoms with E-state index in [1.807, 2.05) is 0 Å². The molecular weight excluding hydrogens is 327 g/mol. The predicted octanol–water partition coefficient (Wildman–Crippen LogP) is 4.63. The average Bonchev–Trinajstić information content (AvgIpc) is 2.70. The van der Waals surface area contributed by atoms with E-state index < -0.39 is 6.10 Å². The minimum absolute atomic E-state index is 0.360. The summed E-state index contributed by atoms with van der Waals surface area (Å²) in [6.45, 7) is 0. The highest BCUT2D eigenvalue weighted by Gasteiger charge is 2.14. The van der Waals surface area contributed by atoms with Gasteiger partial charge in [0.1, 0.15) is 11.9 Å². The first-order valence-electron chi connectivity index (χ1n) is 4.93. The van der Waals surface area contributed by atoms with Gasteiger partial charge in [-0.05, 0) is 51.8 Å². The molecule has 1 atom stereocenters. The Kier molecular flexibility index (Phi) is 4.15. The first kappa shape index (κ1) is 13.0. The summed E-state index contributed by atoms with van der Waals surface area (Å²) >= 11 is 15.1. The molecule has 1 aromatic heterocycles. The number of aliphatic hydroxyl groups excluding tert-OH is 1. The molecule has 17 heavy (non-hydrogen) atoms. The second-order valence-electron chi connectivity index (χ2n) is 3.60. The molecule has 0 aliphatic rings. The lowest BCUT2D eigenvalue weighted by Crippen LogP contribution is -2.01. The molecule has 1 aromatic carbocycles. The van der Waals surface area contributed by atoms with Gasteiger partial charge in [0, 0.05) is 16.5 Å². The third-order valence-electron chi connectivity index (χ3n) is 2.34. The van der Waals surface area contributed by atoms with Crippen molar-refractivity contribution in [1.82, 2.24) is 0 Å². The second-order valence-corrected chi connectivity index (χ2v) is 5.22. The molecule has 0 aliphatic carbocycles. The van der Waals surface area contributed by atoms with Crippen LogP contribution in [0.15, 0.2) is 39.4 Å². The fourth-order valence-electron chi connectivity index (χ4n) is 1.52. The number of hydrogen-bond acceptors (Lipinski definition) is 2. The van der Waals surface area contributed by atoms with Gasteiger partial charge in [-0.3, -0.25) is 0 Å². The van der Waals surface area contributed by atoms with Crippen molar-refractivity contribution in [2.45, 2.75) is 12.5 Å². The topological polar surface area (TPSA) is 33.4 Å². The minimum Gasteiger partial charge on any atom is -0.452 e. The number of benzene rings is 1. The summed E-state index contributed by atoms with van der Waals surface area (Å²) in [5.74, 6) is 0.493. The summed E-state index contributed by atoms with van der Waals surface area (Å²) in [7, 11) is 0. The van der Waals surface area contributed by atoms with Gasteiger partial charge in [-0.2, -0.15) is 0 Å². The number of furan rings is 1. The maximum absolute atomic E-state index is 9.99. The Morgan fingerprint density at radius 1 is 1.24 bits per heavy atom. The largest absolute Gasteiger partial charge is 0.452 e. The summed E-state index contributed by atoms with van der Waals surface area (Å²) in [5, 5.41) is 11.2. The van der Waals surface area contributed by atoms with Gasteiger partial charge in [-0.25, -0.2) is 0 Å². The summed E-state index contributed by atoms with van der Waals surface area (Å²) in [6.07, 6.45) is -0.378. The van der Waals surface area contributed by atoms with E-state index in [0.717, 1.165) is 5.56 Å². The van der Waals surface area contributed by atoms with Crippen molar-refractivity contribution in [2.75, 3.05) is 0 Å². The summed E-state index contributed by atoms with van der Waals surface area (Å²) in [5.41, 5.74) is 0.791. The number of aliphatic hydroxyl groups is 1. The zero-order valence-electron chi connectivity index (χ0n) is 8.66. The highest BCUT2D eigenvalue weighted by Crippen LogP contribution is 2.27. The van der Waals surface area contributed by atoms with Crippen LogP contribution in [0.1, 0.15) is 17.4 Å². The van der Waals surface area contributed by atoms with E-state index in [-0.39, 0.29) is 0 Å². The molecule has 0 radical (unpaired) electrons. The normalized spacial score (nSPS) is 12.7. The molecular formula is C12H9BrCl2O2. The van der Waals surface area contributed by atoms with E-state index >= 15 is 0 Å². The van der Waals surface area contributed by atoms with Crippen molar-refractivity contribution in [1.29, 1.82) is 0 Å². The van der Waals surface area contributed by atoms with Crippen LogP contribution in [-0.4, -0.2) is 5.11 Å². The van der Waals surface area contributed by atoms with Crippen molar-refractivity contribution in [3.8, 4) is 0 Å². The maximum atomic E-state index is 9.99. The molecule has 2 aromatic rings. The van der Waals surface area contributed by atoms with Gasteiger partial charge in [0.2, 0.25) is 0 Å². The lowest BCUT2D eigenvalue weighted by Gasteiger charge is -2.09. The highest BCUT2D eigenvalue weighted by molar-refractivity contribution is 9.10. The van der Waals surface area contributed by atoms with E-state index in [1.165, 1.54) is 0 Å². The molecule has 0 spiro atoms. The van der Waals surface area contributed by atoms with Crippen LogP contribution in [0.5, 0.6) is 0 Å². The van der Waals surface area contributed by atoms with Crippen LogP contribution in [0, 0.1) is 0 Å². The Hall–Kier alpha value is -0.480. The van der Waals surface area contributed by atoms with Crippen LogP contribution in [0.2, 0.25) is 10.0 Å². The average molecular weight is 336 g/mol. The van der Waals surface area contributed by atoms with Crippen LogP contribution in [0.25, 0.3) is 0 Å². The predicted molar refractivity (Wildman–Crippen MR) is 71.5 cm³/mol. The molecule has 0 bridgehead atoms. The van der Waals surface area contributed by atoms with Gasteiger partial charge in [-0.1, -0.05) is 23.2 Å². The van der Waals surface area contributed by atoms with Gasteiger partial charge in [0.05, 0.1) is 0 Å². The Bertz CT molecular complexity index is 525. The lowest BCUT2D eigenvalue weighted by atomic mass is 10.1. The molecule has 1 heterocycles. The minimum atomic E-state index is -0.739. The van der Waals surface area contributed by atoms with Crippen LogP contribution < -0.4 is 0 Å². The summed E-state index contributed by atoms with van der Waals surface area (Å²) < 4.78 is 5.86. The Morgan fingerprint density at radius 3 is 2.65 bits per heavy atom. The standard InChI is InChI=1S/C12H9BrCl2O2/c13-12-4-3-11(17-12)10(16)6-7-5-8(14)1-2-9(7)15/h1-5,10,16H,6H2. The maximum Gasteiger partial charge on any atom is 0.169 e. The van der Waals surface area contributed by atoms with Crippen LogP contribution in [-0.2, 0) is 6.42 Å². The third kappa shape index (κ3) is 3.26. The highest BCUT2D eigenvalue weighted by atomic mass is 79.9. The van der Waals surface area contributed by atoms with E-state index in [9.17, 15) is 5.11 Å². The van der Waals surface area contributed by atoms with Gasteiger partial charge in [0.25, 0.3) is 0 Å². The van der Waals surface area contributed by atoms with E-state index in [4.69, 9.17) is 27.6 Å². The quantitative estimate of drug-likeness (QED) is 0.887. The SMILES string of the molecule is OC(Cc1cc(Cl)ccc1Cl)c1ccc(Br)o1. The molecule has 5 heteroatoms. The Balaban J connectivity index is 2.18.